The van der Waals surface area contributed by atoms with Gasteiger partial charge in [0.05, 0.1) is 12.2 Å². The van der Waals surface area contributed by atoms with Crippen molar-refractivity contribution < 1.29 is 4.39 Å². The van der Waals surface area contributed by atoms with E-state index in [1.807, 2.05) is 7.05 Å². The maximum atomic E-state index is 13.4. The number of nitrogens with zero attached hydrogens (tertiary/aromatic N) is 3. The molecule has 0 saturated carbocycles. The van der Waals surface area contributed by atoms with E-state index in [1.165, 1.54) is 6.07 Å². The molecule has 0 bridgehead atoms. The molecule has 4 nitrogen and oxygen atoms in total. The van der Waals surface area contributed by atoms with Crippen molar-refractivity contribution in [1.82, 2.24) is 14.8 Å². The van der Waals surface area contributed by atoms with Crippen molar-refractivity contribution in [2.75, 3.05) is 5.32 Å². The van der Waals surface area contributed by atoms with Gasteiger partial charge in [0.2, 0.25) is 0 Å². The minimum absolute atomic E-state index is 0.287. The highest BCUT2D eigenvalue weighted by Crippen LogP contribution is 2.20. The Bertz CT molecular complexity index is 497. The molecule has 0 fully saturated rings. The van der Waals surface area contributed by atoms with Gasteiger partial charge in [0.1, 0.15) is 12.1 Å². The molecule has 0 amide bonds. The first-order chi connectivity index (χ1) is 7.66. The van der Waals surface area contributed by atoms with Crippen LogP contribution in [-0.2, 0) is 13.6 Å². The Kier molecular flexibility index (Phi) is 3.19. The minimum Gasteiger partial charge on any atom is -0.375 e. The number of aromatic nitrogens is 3. The van der Waals surface area contributed by atoms with E-state index in [0.717, 1.165) is 10.3 Å². The number of rotatable bonds is 3. The molecule has 1 N–H and O–H groups in total. The summed E-state index contributed by atoms with van der Waals surface area (Å²) in [6.07, 6.45) is 1.61. The summed E-state index contributed by atoms with van der Waals surface area (Å²) in [6, 6.07) is 4.75. The van der Waals surface area contributed by atoms with E-state index in [9.17, 15) is 4.39 Å². The van der Waals surface area contributed by atoms with Crippen LogP contribution in [0.1, 0.15) is 5.82 Å². The van der Waals surface area contributed by atoms with Crippen LogP contribution in [0.3, 0.4) is 0 Å². The van der Waals surface area contributed by atoms with Crippen LogP contribution in [0.2, 0.25) is 0 Å². The second kappa shape index (κ2) is 4.61. The third-order valence-corrected chi connectivity index (χ3v) is 2.66. The van der Waals surface area contributed by atoms with Gasteiger partial charge in [0, 0.05) is 11.5 Å². The van der Waals surface area contributed by atoms with E-state index < -0.39 is 0 Å². The van der Waals surface area contributed by atoms with Gasteiger partial charge in [-0.1, -0.05) is 15.9 Å². The third-order valence-electron chi connectivity index (χ3n) is 2.17. The molecule has 1 heterocycles. The quantitative estimate of drug-likeness (QED) is 0.941. The lowest BCUT2D eigenvalue weighted by Crippen LogP contribution is -2.06. The second-order valence-corrected chi connectivity index (χ2v) is 4.25. The van der Waals surface area contributed by atoms with Crippen LogP contribution in [0, 0.1) is 5.82 Å². The molecule has 0 spiro atoms. The van der Waals surface area contributed by atoms with Crippen LogP contribution in [0.5, 0.6) is 0 Å². The van der Waals surface area contributed by atoms with E-state index in [1.54, 1.807) is 23.0 Å². The van der Waals surface area contributed by atoms with Gasteiger partial charge in [-0.15, -0.1) is 10.2 Å². The summed E-state index contributed by atoms with van der Waals surface area (Å²) in [4.78, 5) is 0. The van der Waals surface area contributed by atoms with Crippen LogP contribution in [-0.4, -0.2) is 14.8 Å². The zero-order valence-corrected chi connectivity index (χ0v) is 10.2. The molecule has 0 aliphatic heterocycles. The molecule has 0 unspecified atom stereocenters. The predicted molar refractivity (Wildman–Crippen MR) is 62.4 cm³/mol. The van der Waals surface area contributed by atoms with Crippen molar-refractivity contribution in [2.24, 2.45) is 7.05 Å². The fourth-order valence-electron chi connectivity index (χ4n) is 1.27. The molecule has 6 heteroatoms. The van der Waals surface area contributed by atoms with Crippen LogP contribution < -0.4 is 5.32 Å². The lowest BCUT2D eigenvalue weighted by atomic mass is 10.3. The highest BCUT2D eigenvalue weighted by molar-refractivity contribution is 9.10. The van der Waals surface area contributed by atoms with Gasteiger partial charge in [-0.3, -0.25) is 0 Å². The zero-order chi connectivity index (χ0) is 11.5. The fraction of sp³-hybridized carbons (Fsp3) is 0.200. The van der Waals surface area contributed by atoms with Crippen molar-refractivity contribution in [2.45, 2.75) is 6.54 Å². The Morgan fingerprint density at radius 1 is 1.50 bits per heavy atom. The molecule has 2 aromatic rings. The van der Waals surface area contributed by atoms with E-state index in [-0.39, 0.29) is 5.82 Å². The van der Waals surface area contributed by atoms with Gasteiger partial charge >= 0.3 is 0 Å². The van der Waals surface area contributed by atoms with Crippen LogP contribution in [0.15, 0.2) is 29.0 Å². The normalized spacial score (nSPS) is 10.4. The Morgan fingerprint density at radius 2 is 2.31 bits per heavy atom. The Hall–Kier alpha value is -1.43. The molecule has 0 aliphatic carbocycles. The highest BCUT2D eigenvalue weighted by Gasteiger charge is 2.04. The molecular weight excluding hydrogens is 275 g/mol. The van der Waals surface area contributed by atoms with E-state index >= 15 is 0 Å². The van der Waals surface area contributed by atoms with E-state index in [4.69, 9.17) is 0 Å². The third kappa shape index (κ3) is 2.38. The van der Waals surface area contributed by atoms with Crippen LogP contribution in [0.4, 0.5) is 10.1 Å². The Morgan fingerprint density at radius 3 is 3.00 bits per heavy atom. The van der Waals surface area contributed by atoms with E-state index in [0.29, 0.717) is 12.2 Å². The maximum absolute atomic E-state index is 13.4. The molecule has 0 atom stereocenters. The van der Waals surface area contributed by atoms with E-state index in [2.05, 4.69) is 31.4 Å². The fourth-order valence-corrected chi connectivity index (χ4v) is 1.64. The lowest BCUT2D eigenvalue weighted by molar-refractivity contribution is 0.629. The monoisotopic (exact) mass is 284 g/mol. The lowest BCUT2D eigenvalue weighted by Gasteiger charge is -2.07. The first-order valence-electron chi connectivity index (χ1n) is 4.68. The van der Waals surface area contributed by atoms with Crippen molar-refractivity contribution in [3.63, 3.8) is 0 Å². The van der Waals surface area contributed by atoms with Crippen molar-refractivity contribution >= 4 is 21.6 Å². The number of aryl methyl sites for hydroxylation is 1. The molecular formula is C10H10BrFN4. The molecule has 84 valence electrons. The van der Waals surface area contributed by atoms with Gasteiger partial charge in [0.15, 0.2) is 5.82 Å². The van der Waals surface area contributed by atoms with Crippen molar-refractivity contribution in [3.8, 4) is 0 Å². The Labute approximate surface area is 101 Å². The molecule has 1 aromatic heterocycles. The van der Waals surface area contributed by atoms with Crippen molar-refractivity contribution in [1.29, 1.82) is 0 Å². The van der Waals surface area contributed by atoms with Crippen LogP contribution >= 0.6 is 15.9 Å². The summed E-state index contributed by atoms with van der Waals surface area (Å²) in [5, 5.41) is 10.6. The number of hydrogen-bond acceptors (Lipinski definition) is 3. The summed E-state index contributed by atoms with van der Waals surface area (Å²) in [5.74, 6) is 0.463. The smallest absolute Gasteiger partial charge is 0.151 e. The number of hydrogen-bond donors (Lipinski definition) is 1. The largest absolute Gasteiger partial charge is 0.375 e. The molecule has 1 aromatic carbocycles. The van der Waals surface area contributed by atoms with Gasteiger partial charge in [-0.05, 0) is 18.2 Å². The summed E-state index contributed by atoms with van der Waals surface area (Å²) in [5.41, 5.74) is 0.442. The first-order valence-corrected chi connectivity index (χ1v) is 5.48. The first kappa shape index (κ1) is 11.1. The molecule has 16 heavy (non-hydrogen) atoms. The number of halogens is 2. The van der Waals surface area contributed by atoms with Gasteiger partial charge in [0.25, 0.3) is 0 Å². The number of nitrogens with one attached hydrogen (secondary N) is 1. The number of anilines is 1. The standard InChI is InChI=1S/C10H10BrFN4/c1-16-6-14-15-10(16)5-13-9-4-7(11)2-3-8(9)12/h2-4,6,13H,5H2,1H3. The SMILES string of the molecule is Cn1cnnc1CNc1cc(Br)ccc1F. The molecule has 0 aliphatic rings. The summed E-state index contributed by atoms with van der Waals surface area (Å²) in [7, 11) is 1.84. The summed E-state index contributed by atoms with van der Waals surface area (Å²) in [6.45, 7) is 0.434. The average Bonchev–Trinajstić information content (AvgIpc) is 2.66. The van der Waals surface area contributed by atoms with Gasteiger partial charge in [-0.25, -0.2) is 4.39 Å². The molecule has 0 radical (unpaired) electrons. The summed E-state index contributed by atoms with van der Waals surface area (Å²) < 4.78 is 16.0. The minimum atomic E-state index is -0.287. The zero-order valence-electron chi connectivity index (χ0n) is 8.61. The Balaban J connectivity index is 2.10. The van der Waals surface area contributed by atoms with Crippen molar-refractivity contribution in [3.05, 3.63) is 40.6 Å². The maximum Gasteiger partial charge on any atom is 0.151 e. The van der Waals surface area contributed by atoms with Crippen LogP contribution in [0.25, 0.3) is 0 Å². The highest BCUT2D eigenvalue weighted by atomic mass is 79.9. The predicted octanol–water partition coefficient (Wildman–Crippen LogP) is 2.33. The number of benzene rings is 1. The molecule has 2 rings (SSSR count). The average molecular weight is 285 g/mol. The van der Waals surface area contributed by atoms with Gasteiger partial charge < -0.3 is 9.88 Å². The summed E-state index contributed by atoms with van der Waals surface area (Å²) >= 11 is 3.29. The topological polar surface area (TPSA) is 42.7 Å². The van der Waals surface area contributed by atoms with Gasteiger partial charge in [-0.2, -0.15) is 0 Å². The second-order valence-electron chi connectivity index (χ2n) is 3.34. The molecule has 0 saturated heterocycles.